The number of rotatable bonds is 6. The Labute approximate surface area is 146 Å². The topological polar surface area (TPSA) is 54.3 Å². The van der Waals surface area contributed by atoms with Crippen molar-refractivity contribution in [1.29, 1.82) is 0 Å². The van der Waals surface area contributed by atoms with Gasteiger partial charge in [-0.2, -0.15) is 11.3 Å². The zero-order valence-electron chi connectivity index (χ0n) is 14.0. The first kappa shape index (κ1) is 15.8. The SMILES string of the molecule is CCc1nnc2n1CCN(CC(=O)N(Cc1ccsc1)C1CC1)C2. The highest BCUT2D eigenvalue weighted by molar-refractivity contribution is 7.07. The van der Waals surface area contributed by atoms with Crippen molar-refractivity contribution in [2.24, 2.45) is 0 Å². The van der Waals surface area contributed by atoms with E-state index in [1.54, 1.807) is 11.3 Å². The van der Waals surface area contributed by atoms with Crippen LogP contribution in [0.4, 0.5) is 0 Å². The summed E-state index contributed by atoms with van der Waals surface area (Å²) in [6.45, 7) is 5.82. The molecule has 1 aliphatic heterocycles. The zero-order valence-corrected chi connectivity index (χ0v) is 14.8. The van der Waals surface area contributed by atoms with Crippen LogP contribution in [0.15, 0.2) is 16.8 Å². The Morgan fingerprint density at radius 1 is 1.38 bits per heavy atom. The Morgan fingerprint density at radius 2 is 2.25 bits per heavy atom. The minimum absolute atomic E-state index is 0.243. The third kappa shape index (κ3) is 3.23. The summed E-state index contributed by atoms with van der Waals surface area (Å²) in [6.07, 6.45) is 3.19. The Bertz CT molecular complexity index is 707. The van der Waals surface area contributed by atoms with Crippen LogP contribution >= 0.6 is 11.3 Å². The molecule has 4 rings (SSSR count). The number of carbonyl (C=O) groups excluding carboxylic acids is 1. The average Bonchev–Trinajstić information content (AvgIpc) is 3.14. The molecule has 0 aromatic carbocycles. The van der Waals surface area contributed by atoms with Gasteiger partial charge in [0, 0.05) is 32.1 Å². The number of hydrogen-bond donors (Lipinski definition) is 0. The van der Waals surface area contributed by atoms with E-state index in [0.29, 0.717) is 12.6 Å². The van der Waals surface area contributed by atoms with E-state index in [4.69, 9.17) is 0 Å². The molecule has 0 bridgehead atoms. The fourth-order valence-electron chi connectivity index (χ4n) is 3.33. The van der Waals surface area contributed by atoms with Crippen molar-refractivity contribution in [3.8, 4) is 0 Å². The predicted octanol–water partition coefficient (Wildman–Crippen LogP) is 1.91. The van der Waals surface area contributed by atoms with E-state index in [9.17, 15) is 4.79 Å². The highest BCUT2D eigenvalue weighted by atomic mass is 32.1. The van der Waals surface area contributed by atoms with Crippen LogP contribution in [0.1, 0.15) is 37.0 Å². The van der Waals surface area contributed by atoms with Gasteiger partial charge < -0.3 is 9.47 Å². The molecule has 0 atom stereocenters. The van der Waals surface area contributed by atoms with Crippen molar-refractivity contribution in [2.45, 2.75) is 51.9 Å². The molecule has 6 nitrogen and oxygen atoms in total. The Kier molecular flexibility index (Phi) is 4.37. The van der Waals surface area contributed by atoms with Gasteiger partial charge in [0.15, 0.2) is 0 Å². The second-order valence-electron chi connectivity index (χ2n) is 6.63. The Hall–Kier alpha value is -1.73. The lowest BCUT2D eigenvalue weighted by Gasteiger charge is -2.30. The van der Waals surface area contributed by atoms with Crippen LogP contribution in [0.3, 0.4) is 0 Å². The first-order valence-electron chi connectivity index (χ1n) is 8.68. The average molecular weight is 345 g/mol. The maximum Gasteiger partial charge on any atom is 0.237 e. The molecular weight excluding hydrogens is 322 g/mol. The van der Waals surface area contributed by atoms with E-state index in [1.807, 2.05) is 0 Å². The first-order chi connectivity index (χ1) is 11.7. The number of thiophene rings is 1. The van der Waals surface area contributed by atoms with Gasteiger partial charge in [0.05, 0.1) is 13.1 Å². The summed E-state index contributed by atoms with van der Waals surface area (Å²) >= 11 is 1.69. The van der Waals surface area contributed by atoms with Crippen LogP contribution in [0.5, 0.6) is 0 Å². The number of nitrogens with zero attached hydrogens (tertiary/aromatic N) is 5. The van der Waals surface area contributed by atoms with Gasteiger partial charge in [-0.25, -0.2) is 0 Å². The second-order valence-corrected chi connectivity index (χ2v) is 7.41. The summed E-state index contributed by atoms with van der Waals surface area (Å²) in [7, 11) is 0. The molecule has 1 saturated carbocycles. The van der Waals surface area contributed by atoms with Gasteiger partial charge in [-0.3, -0.25) is 9.69 Å². The fraction of sp³-hybridized carbons (Fsp3) is 0.588. The maximum absolute atomic E-state index is 12.8. The number of fused-ring (bicyclic) bond motifs is 1. The van der Waals surface area contributed by atoms with Gasteiger partial charge in [-0.05, 0) is 35.2 Å². The molecular formula is C17H23N5OS. The number of amides is 1. The van der Waals surface area contributed by atoms with Gasteiger partial charge in [0.2, 0.25) is 5.91 Å². The molecule has 1 amide bonds. The summed E-state index contributed by atoms with van der Waals surface area (Å²) < 4.78 is 2.20. The highest BCUT2D eigenvalue weighted by Gasteiger charge is 2.33. The maximum atomic E-state index is 12.8. The number of aromatic nitrogens is 3. The largest absolute Gasteiger partial charge is 0.334 e. The van der Waals surface area contributed by atoms with Crippen molar-refractivity contribution < 1.29 is 4.79 Å². The molecule has 0 N–H and O–H groups in total. The molecule has 1 fully saturated rings. The van der Waals surface area contributed by atoms with Crippen LogP contribution < -0.4 is 0 Å². The van der Waals surface area contributed by atoms with Crippen LogP contribution in [0, 0.1) is 0 Å². The molecule has 0 radical (unpaired) electrons. The van der Waals surface area contributed by atoms with Gasteiger partial charge in [-0.15, -0.1) is 10.2 Å². The third-order valence-electron chi connectivity index (χ3n) is 4.82. The molecule has 0 saturated heterocycles. The summed E-state index contributed by atoms with van der Waals surface area (Å²) in [5, 5.41) is 12.7. The fourth-order valence-corrected chi connectivity index (χ4v) is 3.99. The molecule has 1 aliphatic carbocycles. The summed E-state index contributed by atoms with van der Waals surface area (Å²) in [4.78, 5) is 17.1. The van der Waals surface area contributed by atoms with Crippen molar-refractivity contribution >= 4 is 17.2 Å². The third-order valence-corrected chi connectivity index (χ3v) is 5.56. The molecule has 3 heterocycles. The number of carbonyl (C=O) groups is 1. The van der Waals surface area contributed by atoms with E-state index in [2.05, 4.69) is 48.3 Å². The predicted molar refractivity (Wildman–Crippen MR) is 92.6 cm³/mol. The lowest BCUT2D eigenvalue weighted by molar-refractivity contribution is -0.134. The normalized spacial score (nSPS) is 17.7. The van der Waals surface area contributed by atoms with Gasteiger partial charge in [-0.1, -0.05) is 6.92 Å². The van der Waals surface area contributed by atoms with E-state index >= 15 is 0 Å². The Balaban J connectivity index is 1.40. The summed E-state index contributed by atoms with van der Waals surface area (Å²) in [5.74, 6) is 2.28. The van der Waals surface area contributed by atoms with Crippen LogP contribution in [0.2, 0.25) is 0 Å². The van der Waals surface area contributed by atoms with E-state index in [0.717, 1.165) is 57.1 Å². The molecule has 128 valence electrons. The second kappa shape index (κ2) is 6.64. The van der Waals surface area contributed by atoms with Crippen LogP contribution in [0.25, 0.3) is 0 Å². The molecule has 7 heteroatoms. The zero-order chi connectivity index (χ0) is 16.5. The molecule has 0 spiro atoms. The number of hydrogen-bond acceptors (Lipinski definition) is 5. The lowest BCUT2D eigenvalue weighted by atomic mass is 10.2. The quantitative estimate of drug-likeness (QED) is 0.802. The summed E-state index contributed by atoms with van der Waals surface area (Å²) in [6, 6.07) is 2.56. The molecule has 2 aromatic heterocycles. The van der Waals surface area contributed by atoms with E-state index in [1.165, 1.54) is 5.56 Å². The minimum Gasteiger partial charge on any atom is -0.334 e. The highest BCUT2D eigenvalue weighted by Crippen LogP contribution is 2.29. The minimum atomic E-state index is 0.243. The van der Waals surface area contributed by atoms with Gasteiger partial charge >= 0.3 is 0 Å². The van der Waals surface area contributed by atoms with Gasteiger partial charge in [0.25, 0.3) is 0 Å². The van der Waals surface area contributed by atoms with Gasteiger partial charge in [0.1, 0.15) is 11.6 Å². The van der Waals surface area contributed by atoms with Crippen molar-refractivity contribution in [3.05, 3.63) is 34.0 Å². The monoisotopic (exact) mass is 345 g/mol. The van der Waals surface area contributed by atoms with E-state index < -0.39 is 0 Å². The summed E-state index contributed by atoms with van der Waals surface area (Å²) in [5.41, 5.74) is 1.24. The standard InChI is InChI=1S/C17H23N5OS/c1-2-15-18-19-16-10-20(6-7-21(15)16)11-17(23)22(14-3-4-14)9-13-5-8-24-12-13/h5,8,12,14H,2-4,6-7,9-11H2,1H3. The first-order valence-corrected chi connectivity index (χ1v) is 9.62. The lowest BCUT2D eigenvalue weighted by Crippen LogP contribution is -2.44. The molecule has 0 unspecified atom stereocenters. The van der Waals surface area contributed by atoms with E-state index in [-0.39, 0.29) is 5.91 Å². The molecule has 2 aliphatic rings. The molecule has 24 heavy (non-hydrogen) atoms. The smallest absolute Gasteiger partial charge is 0.237 e. The van der Waals surface area contributed by atoms with Crippen molar-refractivity contribution in [2.75, 3.05) is 13.1 Å². The van der Waals surface area contributed by atoms with Crippen molar-refractivity contribution in [3.63, 3.8) is 0 Å². The molecule has 2 aromatic rings. The van der Waals surface area contributed by atoms with Crippen LogP contribution in [-0.2, 0) is 30.8 Å². The Morgan fingerprint density at radius 3 is 2.96 bits per heavy atom. The van der Waals surface area contributed by atoms with Crippen molar-refractivity contribution in [1.82, 2.24) is 24.6 Å². The van der Waals surface area contributed by atoms with Crippen LogP contribution in [-0.4, -0.2) is 49.6 Å². The number of aryl methyl sites for hydroxylation is 1.